The molecule has 1 aromatic rings. The van der Waals surface area contributed by atoms with Crippen LogP contribution < -0.4 is 0 Å². The Kier molecular flexibility index (Phi) is 4.79. The third-order valence-electron chi connectivity index (χ3n) is 2.22. The summed E-state index contributed by atoms with van der Waals surface area (Å²) in [5.74, 6) is -0.618. The van der Waals surface area contributed by atoms with Crippen molar-refractivity contribution in [3.63, 3.8) is 0 Å². The molecule has 88 valence electrons. The van der Waals surface area contributed by atoms with Crippen molar-refractivity contribution in [1.29, 1.82) is 0 Å². The molecule has 0 bridgehead atoms. The Morgan fingerprint density at radius 2 is 2.06 bits per heavy atom. The Morgan fingerprint density at radius 1 is 1.38 bits per heavy atom. The summed E-state index contributed by atoms with van der Waals surface area (Å²) in [7, 11) is 0. The molecule has 0 aliphatic rings. The lowest BCUT2D eigenvalue weighted by Gasteiger charge is -2.16. The van der Waals surface area contributed by atoms with Crippen molar-refractivity contribution < 1.29 is 20.1 Å². The van der Waals surface area contributed by atoms with E-state index < -0.39 is 24.6 Å². The fraction of sp³-hybridized carbons (Fsp3) is 0.364. The number of carbonyl (C=O) groups is 1. The molecule has 1 rings (SSSR count). The minimum atomic E-state index is -1.30. The van der Waals surface area contributed by atoms with Crippen molar-refractivity contribution in [3.8, 4) is 0 Å². The second-order valence-corrected chi connectivity index (χ2v) is 3.83. The second kappa shape index (κ2) is 5.89. The molecule has 1 aromatic carbocycles. The zero-order chi connectivity index (χ0) is 12.1. The summed E-state index contributed by atoms with van der Waals surface area (Å²) in [5, 5.41) is 27.7. The van der Waals surface area contributed by atoms with E-state index in [1.54, 1.807) is 18.2 Å². The molecule has 0 heterocycles. The van der Waals surface area contributed by atoms with Gasteiger partial charge in [-0.3, -0.25) is 4.79 Å². The minimum Gasteiger partial charge on any atom is -0.481 e. The number of rotatable bonds is 5. The lowest BCUT2D eigenvalue weighted by molar-refractivity contribution is -0.141. The van der Waals surface area contributed by atoms with Gasteiger partial charge in [0, 0.05) is 5.75 Å². The lowest BCUT2D eigenvalue weighted by atomic mass is 10.0. The summed E-state index contributed by atoms with van der Waals surface area (Å²) in [6, 6.07) is 6.91. The van der Waals surface area contributed by atoms with Crippen LogP contribution in [0, 0.1) is 0 Å². The number of benzene rings is 1. The number of aliphatic hydroxyl groups excluding tert-OH is 2. The molecule has 0 spiro atoms. The van der Waals surface area contributed by atoms with E-state index in [0.29, 0.717) is 11.3 Å². The van der Waals surface area contributed by atoms with Crippen LogP contribution in [0.2, 0.25) is 0 Å². The smallest absolute Gasteiger partial charge is 0.306 e. The highest BCUT2D eigenvalue weighted by atomic mass is 32.1. The van der Waals surface area contributed by atoms with Crippen LogP contribution in [0.4, 0.5) is 0 Å². The van der Waals surface area contributed by atoms with Crippen LogP contribution in [-0.4, -0.2) is 27.4 Å². The van der Waals surface area contributed by atoms with E-state index >= 15 is 0 Å². The molecular weight excluding hydrogens is 228 g/mol. The van der Waals surface area contributed by atoms with Crippen LogP contribution >= 0.6 is 12.6 Å². The molecule has 3 N–H and O–H groups in total. The van der Waals surface area contributed by atoms with Gasteiger partial charge in [-0.2, -0.15) is 12.6 Å². The summed E-state index contributed by atoms with van der Waals surface area (Å²) < 4.78 is 0. The van der Waals surface area contributed by atoms with E-state index in [2.05, 4.69) is 12.6 Å². The van der Waals surface area contributed by atoms with Crippen molar-refractivity contribution >= 4 is 18.6 Å². The number of aliphatic hydroxyl groups is 2. The number of thiol groups is 1. The van der Waals surface area contributed by atoms with Crippen LogP contribution in [0.3, 0.4) is 0 Å². The monoisotopic (exact) mass is 242 g/mol. The van der Waals surface area contributed by atoms with E-state index in [1.807, 2.05) is 6.07 Å². The standard InChI is InChI=1S/C11H14O4S/c12-9(5-10(13)14)11(15)8-3-1-2-7(4-8)6-16/h1-4,9,11-12,15-16H,5-6H2,(H,13,14). The highest BCUT2D eigenvalue weighted by Gasteiger charge is 2.21. The maximum Gasteiger partial charge on any atom is 0.306 e. The first-order valence-electron chi connectivity index (χ1n) is 4.82. The Bertz CT molecular complexity index is 367. The molecular formula is C11H14O4S. The summed E-state index contributed by atoms with van der Waals surface area (Å²) in [5.41, 5.74) is 1.41. The molecule has 0 saturated heterocycles. The summed E-state index contributed by atoms with van der Waals surface area (Å²) in [4.78, 5) is 10.4. The van der Waals surface area contributed by atoms with Gasteiger partial charge < -0.3 is 15.3 Å². The fourth-order valence-corrected chi connectivity index (χ4v) is 1.58. The highest BCUT2D eigenvalue weighted by Crippen LogP contribution is 2.20. The second-order valence-electron chi connectivity index (χ2n) is 3.51. The maximum atomic E-state index is 10.4. The van der Waals surface area contributed by atoms with Crippen molar-refractivity contribution in [2.24, 2.45) is 0 Å². The molecule has 2 atom stereocenters. The number of carboxylic acids is 1. The van der Waals surface area contributed by atoms with Crippen LogP contribution in [-0.2, 0) is 10.5 Å². The van der Waals surface area contributed by atoms with Crippen LogP contribution in [0.15, 0.2) is 24.3 Å². The average Bonchev–Trinajstić information content (AvgIpc) is 2.27. The van der Waals surface area contributed by atoms with Crippen LogP contribution in [0.5, 0.6) is 0 Å². The predicted molar refractivity (Wildman–Crippen MR) is 62.4 cm³/mol. The topological polar surface area (TPSA) is 77.8 Å². The number of carboxylic acid groups (broad SMARTS) is 1. The minimum absolute atomic E-state index is 0.480. The van der Waals surface area contributed by atoms with Gasteiger partial charge in [0.15, 0.2) is 0 Å². The average molecular weight is 242 g/mol. The third kappa shape index (κ3) is 3.52. The fourth-order valence-electron chi connectivity index (χ4n) is 1.39. The maximum absolute atomic E-state index is 10.4. The van der Waals surface area contributed by atoms with Crippen molar-refractivity contribution in [1.82, 2.24) is 0 Å². The Labute approximate surface area is 99.0 Å². The molecule has 0 amide bonds. The lowest BCUT2D eigenvalue weighted by Crippen LogP contribution is -2.21. The normalized spacial score (nSPS) is 14.4. The van der Waals surface area contributed by atoms with E-state index in [0.717, 1.165) is 5.56 Å². The van der Waals surface area contributed by atoms with Crippen molar-refractivity contribution in [2.45, 2.75) is 24.4 Å². The van der Waals surface area contributed by atoms with Gasteiger partial charge in [0.25, 0.3) is 0 Å². The zero-order valence-electron chi connectivity index (χ0n) is 8.58. The van der Waals surface area contributed by atoms with Crippen LogP contribution in [0.1, 0.15) is 23.7 Å². The molecule has 0 radical (unpaired) electrons. The highest BCUT2D eigenvalue weighted by molar-refractivity contribution is 7.79. The van der Waals surface area contributed by atoms with Gasteiger partial charge in [0.1, 0.15) is 6.10 Å². The van der Waals surface area contributed by atoms with Crippen molar-refractivity contribution in [3.05, 3.63) is 35.4 Å². The van der Waals surface area contributed by atoms with Gasteiger partial charge in [0.2, 0.25) is 0 Å². The molecule has 16 heavy (non-hydrogen) atoms. The molecule has 0 aromatic heterocycles. The molecule has 0 saturated carbocycles. The first-order valence-corrected chi connectivity index (χ1v) is 5.45. The van der Waals surface area contributed by atoms with Crippen molar-refractivity contribution in [2.75, 3.05) is 0 Å². The van der Waals surface area contributed by atoms with E-state index in [9.17, 15) is 15.0 Å². The molecule has 5 heteroatoms. The first kappa shape index (κ1) is 13.0. The SMILES string of the molecule is O=C(O)CC(O)C(O)c1cccc(CS)c1. The van der Waals surface area contributed by atoms with E-state index in [-0.39, 0.29) is 0 Å². The molecule has 2 unspecified atom stereocenters. The number of aliphatic carboxylic acids is 1. The quantitative estimate of drug-likeness (QED) is 0.581. The zero-order valence-corrected chi connectivity index (χ0v) is 9.47. The molecule has 0 aliphatic carbocycles. The summed E-state index contributed by atoms with van der Waals surface area (Å²) in [6.45, 7) is 0. The van der Waals surface area contributed by atoms with Gasteiger partial charge in [0.05, 0.1) is 12.5 Å². The van der Waals surface area contributed by atoms with Gasteiger partial charge in [-0.1, -0.05) is 24.3 Å². The first-order chi connectivity index (χ1) is 7.54. The Morgan fingerprint density at radius 3 is 2.62 bits per heavy atom. The molecule has 0 fully saturated rings. The van der Waals surface area contributed by atoms with Gasteiger partial charge >= 0.3 is 5.97 Å². The van der Waals surface area contributed by atoms with Gasteiger partial charge in [-0.05, 0) is 11.1 Å². The van der Waals surface area contributed by atoms with E-state index in [4.69, 9.17) is 5.11 Å². The van der Waals surface area contributed by atoms with Crippen LogP contribution in [0.25, 0.3) is 0 Å². The van der Waals surface area contributed by atoms with Gasteiger partial charge in [-0.15, -0.1) is 0 Å². The largest absolute Gasteiger partial charge is 0.481 e. The summed E-state index contributed by atoms with van der Waals surface area (Å²) in [6.07, 6.45) is -2.96. The Hall–Kier alpha value is -1.04. The molecule has 4 nitrogen and oxygen atoms in total. The third-order valence-corrected chi connectivity index (χ3v) is 2.59. The number of hydrogen-bond acceptors (Lipinski definition) is 4. The Balaban J connectivity index is 2.78. The van der Waals surface area contributed by atoms with E-state index in [1.165, 1.54) is 0 Å². The molecule has 0 aliphatic heterocycles. The van der Waals surface area contributed by atoms with Gasteiger partial charge in [-0.25, -0.2) is 0 Å². The number of hydrogen-bond donors (Lipinski definition) is 4. The predicted octanol–water partition coefficient (Wildman–Crippen LogP) is 0.985. The summed E-state index contributed by atoms with van der Waals surface area (Å²) >= 11 is 4.09.